The SMILES string of the molecule is COc1nc(NC(=O)OC(C)(C)C)cnc1CNC(=O)c1ccc(F)cc1. The topological polar surface area (TPSA) is 102 Å². The first kappa shape index (κ1) is 20.1. The van der Waals surface area contributed by atoms with Gasteiger partial charge in [0.1, 0.15) is 17.1 Å². The van der Waals surface area contributed by atoms with Crippen LogP contribution in [0.5, 0.6) is 5.88 Å². The van der Waals surface area contributed by atoms with Gasteiger partial charge in [0, 0.05) is 5.56 Å². The Bertz CT molecular complexity index is 819. The van der Waals surface area contributed by atoms with Gasteiger partial charge in [-0.2, -0.15) is 4.98 Å². The third kappa shape index (κ3) is 6.21. The maximum absolute atomic E-state index is 12.9. The van der Waals surface area contributed by atoms with Gasteiger partial charge in [-0.15, -0.1) is 0 Å². The number of carbonyl (C=O) groups is 2. The van der Waals surface area contributed by atoms with E-state index in [9.17, 15) is 14.0 Å². The van der Waals surface area contributed by atoms with Crippen LogP contribution in [0.3, 0.4) is 0 Å². The average Bonchev–Trinajstić information content (AvgIpc) is 2.59. The largest absolute Gasteiger partial charge is 0.480 e. The number of nitrogens with zero attached hydrogens (tertiary/aromatic N) is 2. The van der Waals surface area contributed by atoms with Crippen molar-refractivity contribution >= 4 is 17.8 Å². The van der Waals surface area contributed by atoms with Crippen LogP contribution in [0.4, 0.5) is 15.0 Å². The van der Waals surface area contributed by atoms with E-state index >= 15 is 0 Å². The molecule has 9 heteroatoms. The number of carbonyl (C=O) groups excluding carboxylic acids is 2. The molecule has 2 aromatic rings. The van der Waals surface area contributed by atoms with E-state index in [-0.39, 0.29) is 18.2 Å². The maximum Gasteiger partial charge on any atom is 0.413 e. The van der Waals surface area contributed by atoms with Gasteiger partial charge in [0.15, 0.2) is 5.82 Å². The number of hydrogen-bond acceptors (Lipinski definition) is 6. The Morgan fingerprint density at radius 1 is 1.19 bits per heavy atom. The van der Waals surface area contributed by atoms with Crippen molar-refractivity contribution in [2.75, 3.05) is 12.4 Å². The van der Waals surface area contributed by atoms with Gasteiger partial charge >= 0.3 is 6.09 Å². The summed E-state index contributed by atoms with van der Waals surface area (Å²) in [7, 11) is 1.40. The Kier molecular flexibility index (Phi) is 6.27. The van der Waals surface area contributed by atoms with Crippen molar-refractivity contribution in [2.45, 2.75) is 32.9 Å². The van der Waals surface area contributed by atoms with Crippen molar-refractivity contribution < 1.29 is 23.5 Å². The molecular formula is C18H21FN4O4. The van der Waals surface area contributed by atoms with Gasteiger partial charge in [-0.3, -0.25) is 10.1 Å². The first-order valence-electron chi connectivity index (χ1n) is 8.11. The molecule has 0 bridgehead atoms. The number of aromatic nitrogens is 2. The lowest BCUT2D eigenvalue weighted by atomic mass is 10.2. The summed E-state index contributed by atoms with van der Waals surface area (Å²) in [6.45, 7) is 5.27. The number of hydrogen-bond donors (Lipinski definition) is 2. The van der Waals surface area contributed by atoms with E-state index in [0.29, 0.717) is 11.3 Å². The molecule has 0 aliphatic rings. The van der Waals surface area contributed by atoms with Crippen LogP contribution in [0.15, 0.2) is 30.5 Å². The quantitative estimate of drug-likeness (QED) is 0.832. The Balaban J connectivity index is 2.02. The molecule has 0 fully saturated rings. The van der Waals surface area contributed by atoms with Crippen molar-refractivity contribution in [1.29, 1.82) is 0 Å². The molecule has 1 aromatic heterocycles. The summed E-state index contributed by atoms with van der Waals surface area (Å²) in [4.78, 5) is 32.1. The molecular weight excluding hydrogens is 355 g/mol. The van der Waals surface area contributed by atoms with Crippen LogP contribution in [0.1, 0.15) is 36.8 Å². The Hall–Kier alpha value is -3.23. The van der Waals surface area contributed by atoms with E-state index in [2.05, 4.69) is 20.6 Å². The van der Waals surface area contributed by atoms with Gasteiger partial charge in [-0.05, 0) is 45.0 Å². The number of methoxy groups -OCH3 is 1. The number of halogens is 1. The summed E-state index contributed by atoms with van der Waals surface area (Å²) in [6.07, 6.45) is 0.655. The Morgan fingerprint density at radius 2 is 1.85 bits per heavy atom. The van der Waals surface area contributed by atoms with Crippen LogP contribution in [0, 0.1) is 5.82 Å². The van der Waals surface area contributed by atoms with Gasteiger partial charge < -0.3 is 14.8 Å². The zero-order chi connectivity index (χ0) is 20.0. The highest BCUT2D eigenvalue weighted by Gasteiger charge is 2.18. The molecule has 0 spiro atoms. The molecule has 2 rings (SSSR count). The summed E-state index contributed by atoms with van der Waals surface area (Å²) in [5.41, 5.74) is 0.0286. The number of rotatable bonds is 5. The highest BCUT2D eigenvalue weighted by molar-refractivity contribution is 5.94. The van der Waals surface area contributed by atoms with E-state index in [0.717, 1.165) is 0 Å². The molecule has 144 valence electrons. The van der Waals surface area contributed by atoms with Crippen LogP contribution < -0.4 is 15.4 Å². The highest BCUT2D eigenvalue weighted by atomic mass is 19.1. The van der Waals surface area contributed by atoms with Gasteiger partial charge in [0.25, 0.3) is 5.91 Å². The van der Waals surface area contributed by atoms with Crippen molar-refractivity contribution in [3.63, 3.8) is 0 Å². The molecule has 1 aromatic carbocycles. The second-order valence-electron chi connectivity index (χ2n) is 6.53. The van der Waals surface area contributed by atoms with Gasteiger partial charge in [0.2, 0.25) is 5.88 Å². The van der Waals surface area contributed by atoms with Gasteiger partial charge in [-0.25, -0.2) is 14.2 Å². The van der Waals surface area contributed by atoms with Crippen LogP contribution in [0.2, 0.25) is 0 Å². The van der Waals surface area contributed by atoms with E-state index in [1.807, 2.05) is 0 Å². The third-order valence-electron chi connectivity index (χ3n) is 3.16. The molecule has 0 saturated carbocycles. The van der Waals surface area contributed by atoms with Gasteiger partial charge in [0.05, 0.1) is 19.9 Å². The van der Waals surface area contributed by atoms with Crippen molar-refractivity contribution in [2.24, 2.45) is 0 Å². The summed E-state index contributed by atoms with van der Waals surface area (Å²) < 4.78 is 23.2. The van der Waals surface area contributed by atoms with Crippen molar-refractivity contribution in [3.05, 3.63) is 47.5 Å². The Morgan fingerprint density at radius 3 is 2.44 bits per heavy atom. The van der Waals surface area contributed by atoms with Crippen LogP contribution in [-0.4, -0.2) is 34.7 Å². The lowest BCUT2D eigenvalue weighted by Crippen LogP contribution is -2.27. The molecule has 27 heavy (non-hydrogen) atoms. The fraction of sp³-hybridized carbons (Fsp3) is 0.333. The van der Waals surface area contributed by atoms with Crippen LogP contribution >= 0.6 is 0 Å². The summed E-state index contributed by atoms with van der Waals surface area (Å²) in [6, 6.07) is 5.15. The van der Waals surface area contributed by atoms with E-state index in [1.54, 1.807) is 20.8 Å². The molecule has 0 saturated heterocycles. The molecule has 0 radical (unpaired) electrons. The molecule has 0 aliphatic heterocycles. The minimum Gasteiger partial charge on any atom is -0.480 e. The number of amides is 2. The third-order valence-corrected chi connectivity index (χ3v) is 3.16. The molecule has 8 nitrogen and oxygen atoms in total. The Labute approximate surface area is 156 Å². The maximum atomic E-state index is 12.9. The number of nitrogens with one attached hydrogen (secondary N) is 2. The van der Waals surface area contributed by atoms with Crippen LogP contribution in [-0.2, 0) is 11.3 Å². The summed E-state index contributed by atoms with van der Waals surface area (Å²) >= 11 is 0. The highest BCUT2D eigenvalue weighted by Crippen LogP contribution is 2.17. The molecule has 1 heterocycles. The molecule has 0 unspecified atom stereocenters. The number of anilines is 1. The van der Waals surface area contributed by atoms with Crippen LogP contribution in [0.25, 0.3) is 0 Å². The number of ether oxygens (including phenoxy) is 2. The summed E-state index contributed by atoms with van der Waals surface area (Å²) in [5.74, 6) is -0.528. The molecule has 0 aliphatic carbocycles. The predicted octanol–water partition coefficient (Wildman–Crippen LogP) is 2.90. The van der Waals surface area contributed by atoms with E-state index in [4.69, 9.17) is 9.47 Å². The smallest absolute Gasteiger partial charge is 0.413 e. The minimum absolute atomic E-state index is 0.0408. The fourth-order valence-corrected chi connectivity index (χ4v) is 2.02. The summed E-state index contributed by atoms with van der Waals surface area (Å²) in [5, 5.41) is 5.10. The van der Waals surface area contributed by atoms with E-state index in [1.165, 1.54) is 37.6 Å². The normalized spacial score (nSPS) is 10.9. The first-order valence-corrected chi connectivity index (χ1v) is 8.11. The average molecular weight is 376 g/mol. The standard InChI is InChI=1S/C18H21FN4O4/c1-18(2,3)27-17(25)23-14-10-20-13(16(22-14)26-4)9-21-15(24)11-5-7-12(19)8-6-11/h5-8,10H,9H2,1-4H3,(H,21,24)(H,22,23,25). The van der Waals surface area contributed by atoms with Crippen molar-refractivity contribution in [1.82, 2.24) is 15.3 Å². The lowest BCUT2D eigenvalue weighted by molar-refractivity contribution is 0.0635. The molecule has 2 amide bonds. The first-order chi connectivity index (χ1) is 12.7. The lowest BCUT2D eigenvalue weighted by Gasteiger charge is -2.19. The van der Waals surface area contributed by atoms with Gasteiger partial charge in [-0.1, -0.05) is 0 Å². The number of benzene rings is 1. The van der Waals surface area contributed by atoms with E-state index < -0.39 is 23.4 Å². The molecule has 0 atom stereocenters. The fourth-order valence-electron chi connectivity index (χ4n) is 2.02. The monoisotopic (exact) mass is 376 g/mol. The molecule has 2 N–H and O–H groups in total. The van der Waals surface area contributed by atoms with Crippen molar-refractivity contribution in [3.8, 4) is 5.88 Å². The second kappa shape index (κ2) is 8.43. The predicted molar refractivity (Wildman–Crippen MR) is 96.0 cm³/mol. The minimum atomic E-state index is -0.670. The second-order valence-corrected chi connectivity index (χ2v) is 6.53. The zero-order valence-electron chi connectivity index (χ0n) is 15.5. The zero-order valence-corrected chi connectivity index (χ0v) is 15.5.